The van der Waals surface area contributed by atoms with Crippen molar-refractivity contribution in [2.45, 2.75) is 12.8 Å². The normalized spacial score (nSPS) is 10.1. The van der Waals surface area contributed by atoms with Crippen molar-refractivity contribution in [1.82, 2.24) is 0 Å². The maximum atomic E-state index is 13.5. The lowest BCUT2D eigenvalue weighted by Crippen LogP contribution is -2.13. The van der Waals surface area contributed by atoms with Crippen molar-refractivity contribution in [3.8, 4) is 11.8 Å². The Morgan fingerprint density at radius 3 is 2.79 bits per heavy atom. The Labute approximate surface area is 148 Å². The molecule has 2 aromatic carbocycles. The quantitative estimate of drug-likeness (QED) is 0.573. The van der Waals surface area contributed by atoms with Gasteiger partial charge in [-0.3, -0.25) is 4.79 Å². The second kappa shape index (κ2) is 8.53. The smallest absolute Gasteiger partial charge is 0.257 e. The minimum absolute atomic E-state index is 0.0149. The summed E-state index contributed by atoms with van der Waals surface area (Å²) in [5.41, 5.74) is 0.461. The molecule has 0 aliphatic rings. The molecule has 1 amide bonds. The Kier molecular flexibility index (Phi) is 6.42. The van der Waals surface area contributed by atoms with Crippen LogP contribution in [0.1, 0.15) is 23.2 Å². The van der Waals surface area contributed by atoms with Crippen molar-refractivity contribution in [3.63, 3.8) is 0 Å². The number of hydrogen-bond donors (Lipinski definition) is 1. The number of unbranched alkanes of at least 4 members (excludes halogenated alkanes) is 1. The summed E-state index contributed by atoms with van der Waals surface area (Å²) < 4.78 is 19.0. The molecule has 0 aliphatic carbocycles. The average molecular weight is 367 g/mol. The molecule has 0 bridgehead atoms. The summed E-state index contributed by atoms with van der Waals surface area (Å²) in [6.07, 6.45) is 1.03. The molecule has 0 saturated heterocycles. The van der Waals surface area contributed by atoms with Crippen LogP contribution in [0, 0.1) is 17.1 Å². The lowest BCUT2D eigenvalue weighted by atomic mass is 10.2. The number of halogens is 3. The third-order valence-corrected chi connectivity index (χ3v) is 3.65. The zero-order chi connectivity index (χ0) is 17.5. The number of hydrogen-bond acceptors (Lipinski definition) is 3. The lowest BCUT2D eigenvalue weighted by molar-refractivity contribution is 0.102. The van der Waals surface area contributed by atoms with E-state index in [0.717, 1.165) is 6.07 Å². The average Bonchev–Trinajstić information content (AvgIpc) is 2.55. The van der Waals surface area contributed by atoms with Crippen LogP contribution in [-0.4, -0.2) is 12.5 Å². The van der Waals surface area contributed by atoms with Crippen LogP contribution in [0.5, 0.6) is 5.75 Å². The number of ether oxygens (including phenoxy) is 1. The van der Waals surface area contributed by atoms with Crippen LogP contribution in [0.4, 0.5) is 10.1 Å². The highest BCUT2D eigenvalue weighted by atomic mass is 35.5. The number of amides is 1. The fraction of sp³-hybridized carbons (Fsp3) is 0.176. The number of anilines is 1. The number of nitriles is 1. The van der Waals surface area contributed by atoms with Crippen LogP contribution >= 0.6 is 23.2 Å². The molecule has 0 fully saturated rings. The van der Waals surface area contributed by atoms with Gasteiger partial charge in [-0.05, 0) is 30.7 Å². The highest BCUT2D eigenvalue weighted by Gasteiger charge is 2.14. The standard InChI is InChI=1S/C17H13Cl2FN2O2/c18-14-10-15(19)16(20)9-13(14)17(23)22-11-4-3-5-12(8-11)24-7-2-1-6-21/h3-5,8-10H,1-2,7H2,(H,22,23). The summed E-state index contributed by atoms with van der Waals surface area (Å²) in [4.78, 5) is 12.2. The number of nitrogens with one attached hydrogen (secondary N) is 1. The first-order chi connectivity index (χ1) is 11.5. The van der Waals surface area contributed by atoms with Crippen molar-refractivity contribution in [2.24, 2.45) is 0 Å². The van der Waals surface area contributed by atoms with Gasteiger partial charge >= 0.3 is 0 Å². The molecule has 2 aromatic rings. The number of carbonyl (C=O) groups is 1. The molecular weight excluding hydrogens is 354 g/mol. The van der Waals surface area contributed by atoms with Crippen LogP contribution in [0.15, 0.2) is 36.4 Å². The van der Waals surface area contributed by atoms with Gasteiger partial charge in [0, 0.05) is 18.2 Å². The fourth-order valence-corrected chi connectivity index (χ4v) is 2.37. The number of carbonyl (C=O) groups excluding carboxylic acids is 1. The molecule has 0 radical (unpaired) electrons. The zero-order valence-corrected chi connectivity index (χ0v) is 14.0. The minimum atomic E-state index is -0.721. The largest absolute Gasteiger partial charge is 0.493 e. The summed E-state index contributed by atoms with van der Waals surface area (Å²) in [6, 6.07) is 10.9. The van der Waals surface area contributed by atoms with Crippen molar-refractivity contribution in [1.29, 1.82) is 5.26 Å². The van der Waals surface area contributed by atoms with E-state index < -0.39 is 11.7 Å². The summed E-state index contributed by atoms with van der Waals surface area (Å²) in [6.45, 7) is 0.402. The zero-order valence-electron chi connectivity index (χ0n) is 12.5. The second-order valence-corrected chi connectivity index (χ2v) is 5.65. The second-order valence-electron chi connectivity index (χ2n) is 4.84. The van der Waals surface area contributed by atoms with Crippen molar-refractivity contribution in [3.05, 3.63) is 57.8 Å². The van der Waals surface area contributed by atoms with Gasteiger partial charge in [0.1, 0.15) is 11.6 Å². The first-order valence-electron chi connectivity index (χ1n) is 7.07. The Balaban J connectivity index is 2.07. The Bertz CT molecular complexity index is 791. The van der Waals surface area contributed by atoms with Gasteiger partial charge in [0.15, 0.2) is 0 Å². The van der Waals surface area contributed by atoms with Gasteiger partial charge in [-0.1, -0.05) is 29.3 Å². The van der Waals surface area contributed by atoms with Crippen LogP contribution in [-0.2, 0) is 0 Å². The van der Waals surface area contributed by atoms with Gasteiger partial charge in [0.2, 0.25) is 0 Å². The summed E-state index contributed by atoms with van der Waals surface area (Å²) >= 11 is 11.5. The van der Waals surface area contributed by atoms with Crippen molar-refractivity contribution < 1.29 is 13.9 Å². The number of benzene rings is 2. The van der Waals surface area contributed by atoms with Crippen molar-refractivity contribution in [2.75, 3.05) is 11.9 Å². The maximum Gasteiger partial charge on any atom is 0.257 e. The van der Waals surface area contributed by atoms with Gasteiger partial charge in [-0.25, -0.2) is 4.39 Å². The predicted octanol–water partition coefficient (Wildman–Crippen LogP) is 5.07. The SMILES string of the molecule is N#CCCCOc1cccc(NC(=O)c2cc(F)c(Cl)cc2Cl)c1. The van der Waals surface area contributed by atoms with E-state index in [9.17, 15) is 9.18 Å². The Morgan fingerprint density at radius 2 is 2.04 bits per heavy atom. The molecule has 0 saturated carbocycles. The van der Waals surface area contributed by atoms with E-state index in [1.165, 1.54) is 6.07 Å². The Morgan fingerprint density at radius 1 is 1.25 bits per heavy atom. The molecule has 0 spiro atoms. The molecule has 24 heavy (non-hydrogen) atoms. The molecule has 4 nitrogen and oxygen atoms in total. The monoisotopic (exact) mass is 366 g/mol. The van der Waals surface area contributed by atoms with Gasteiger partial charge in [0.05, 0.1) is 28.3 Å². The highest BCUT2D eigenvalue weighted by Crippen LogP contribution is 2.25. The van der Waals surface area contributed by atoms with E-state index in [-0.39, 0.29) is 15.6 Å². The molecule has 7 heteroatoms. The predicted molar refractivity (Wildman–Crippen MR) is 91.2 cm³/mol. The lowest BCUT2D eigenvalue weighted by Gasteiger charge is -2.10. The molecule has 2 rings (SSSR count). The molecular formula is C17H13Cl2FN2O2. The van der Waals surface area contributed by atoms with E-state index in [4.69, 9.17) is 33.2 Å². The highest BCUT2D eigenvalue weighted by molar-refractivity contribution is 6.37. The number of rotatable bonds is 6. The summed E-state index contributed by atoms with van der Waals surface area (Å²) in [5, 5.41) is 11.0. The molecule has 124 valence electrons. The summed E-state index contributed by atoms with van der Waals surface area (Å²) in [5.74, 6) is -0.725. The van der Waals surface area contributed by atoms with Crippen molar-refractivity contribution >= 4 is 34.8 Å². The molecule has 0 unspecified atom stereocenters. The summed E-state index contributed by atoms with van der Waals surface area (Å²) in [7, 11) is 0. The van der Waals surface area contributed by atoms with E-state index in [2.05, 4.69) is 5.32 Å². The van der Waals surface area contributed by atoms with E-state index >= 15 is 0 Å². The third-order valence-electron chi connectivity index (χ3n) is 3.05. The van der Waals surface area contributed by atoms with Crippen LogP contribution in [0.25, 0.3) is 0 Å². The molecule has 1 N–H and O–H groups in total. The van der Waals surface area contributed by atoms with Gasteiger partial charge < -0.3 is 10.1 Å². The molecule has 0 aromatic heterocycles. The first kappa shape index (κ1) is 18.1. The fourth-order valence-electron chi connectivity index (χ4n) is 1.90. The van der Waals surface area contributed by atoms with Crippen LogP contribution < -0.4 is 10.1 Å². The maximum absolute atomic E-state index is 13.5. The number of nitrogens with zero attached hydrogens (tertiary/aromatic N) is 1. The Hall–Kier alpha value is -2.29. The first-order valence-corrected chi connectivity index (χ1v) is 7.82. The molecule has 0 aliphatic heterocycles. The van der Waals surface area contributed by atoms with E-state index in [1.807, 2.05) is 6.07 Å². The van der Waals surface area contributed by atoms with Crippen LogP contribution in [0.3, 0.4) is 0 Å². The van der Waals surface area contributed by atoms with Crippen LogP contribution in [0.2, 0.25) is 10.0 Å². The van der Waals surface area contributed by atoms with E-state index in [1.54, 1.807) is 24.3 Å². The topological polar surface area (TPSA) is 62.1 Å². The third kappa shape index (κ3) is 4.85. The molecule has 0 heterocycles. The van der Waals surface area contributed by atoms with Gasteiger partial charge in [-0.2, -0.15) is 5.26 Å². The van der Waals surface area contributed by atoms with E-state index in [0.29, 0.717) is 30.9 Å². The van der Waals surface area contributed by atoms with Gasteiger partial charge in [0.25, 0.3) is 5.91 Å². The minimum Gasteiger partial charge on any atom is -0.493 e. The molecule has 0 atom stereocenters. The van der Waals surface area contributed by atoms with Gasteiger partial charge in [-0.15, -0.1) is 0 Å².